The fraction of sp³-hybridized carbons (Fsp3) is 0.276. The Balaban J connectivity index is 1.19. The van der Waals surface area contributed by atoms with Gasteiger partial charge in [0.2, 0.25) is 0 Å². The molecule has 0 radical (unpaired) electrons. The summed E-state index contributed by atoms with van der Waals surface area (Å²) < 4.78 is 10.7. The van der Waals surface area contributed by atoms with Crippen LogP contribution < -0.4 is 5.32 Å². The summed E-state index contributed by atoms with van der Waals surface area (Å²) in [5.41, 5.74) is 5.42. The smallest absolute Gasteiger partial charge is 0.407 e. The molecule has 0 fully saturated rings. The molecule has 1 aliphatic carbocycles. The summed E-state index contributed by atoms with van der Waals surface area (Å²) in [7, 11) is 0. The molecule has 36 heavy (non-hydrogen) atoms. The topological polar surface area (TPSA) is 102 Å². The van der Waals surface area contributed by atoms with Crippen molar-refractivity contribution in [3.8, 4) is 11.1 Å². The van der Waals surface area contributed by atoms with E-state index in [4.69, 9.17) is 9.47 Å². The number of amides is 1. The van der Waals surface area contributed by atoms with E-state index in [1.807, 2.05) is 54.6 Å². The van der Waals surface area contributed by atoms with E-state index in [0.717, 1.165) is 27.8 Å². The number of ether oxygens (including phenoxy) is 2. The van der Waals surface area contributed by atoms with E-state index in [2.05, 4.69) is 29.6 Å². The van der Waals surface area contributed by atoms with Crippen molar-refractivity contribution >= 4 is 18.0 Å². The predicted molar refractivity (Wildman–Crippen MR) is 134 cm³/mol. The van der Waals surface area contributed by atoms with E-state index in [0.29, 0.717) is 6.42 Å². The van der Waals surface area contributed by atoms with Gasteiger partial charge in [0, 0.05) is 12.5 Å². The molecule has 0 saturated carbocycles. The van der Waals surface area contributed by atoms with E-state index in [9.17, 15) is 19.5 Å². The SMILES string of the molecule is O=C(C[C@@H](CCCNC(=O)OCC1c2ccccc2-c2ccccc21)C(=O)O)OCc1ccccc1. The van der Waals surface area contributed by atoms with Gasteiger partial charge in [-0.25, -0.2) is 4.79 Å². The van der Waals surface area contributed by atoms with Gasteiger partial charge in [-0.2, -0.15) is 0 Å². The highest BCUT2D eigenvalue weighted by Crippen LogP contribution is 2.44. The number of carboxylic acids is 1. The van der Waals surface area contributed by atoms with Crippen LogP contribution in [-0.4, -0.2) is 36.3 Å². The lowest BCUT2D eigenvalue weighted by atomic mass is 9.98. The largest absolute Gasteiger partial charge is 0.481 e. The van der Waals surface area contributed by atoms with Crippen LogP contribution in [0.2, 0.25) is 0 Å². The Morgan fingerprint density at radius 2 is 1.44 bits per heavy atom. The molecule has 0 heterocycles. The fourth-order valence-corrected chi connectivity index (χ4v) is 4.50. The Morgan fingerprint density at radius 3 is 2.08 bits per heavy atom. The first-order valence-electron chi connectivity index (χ1n) is 12.0. The number of carbonyl (C=O) groups excluding carboxylic acids is 2. The molecule has 0 aromatic heterocycles. The van der Waals surface area contributed by atoms with E-state index in [1.165, 1.54) is 0 Å². The molecule has 0 spiro atoms. The van der Waals surface area contributed by atoms with Crippen LogP contribution >= 0.6 is 0 Å². The highest BCUT2D eigenvalue weighted by molar-refractivity contribution is 5.79. The number of alkyl carbamates (subject to hydrolysis) is 1. The van der Waals surface area contributed by atoms with E-state index >= 15 is 0 Å². The molecule has 7 nitrogen and oxygen atoms in total. The van der Waals surface area contributed by atoms with Crippen molar-refractivity contribution in [3.05, 3.63) is 95.6 Å². The maximum atomic E-state index is 12.3. The highest BCUT2D eigenvalue weighted by atomic mass is 16.5. The van der Waals surface area contributed by atoms with E-state index in [1.54, 1.807) is 0 Å². The van der Waals surface area contributed by atoms with Crippen LogP contribution in [-0.2, 0) is 25.7 Å². The molecule has 1 aliphatic rings. The molecule has 0 bridgehead atoms. The standard InChI is InChI=1S/C29H29NO6/c31-27(35-18-20-9-2-1-3-10-20)17-21(28(32)33)11-8-16-30-29(34)36-19-26-24-14-6-4-12-22(24)23-13-5-7-15-25(23)26/h1-7,9-10,12-15,21,26H,8,11,16-19H2,(H,30,34)(H,32,33)/t21-/m1/s1. The van der Waals surface area contributed by atoms with Crippen LogP contribution in [0.15, 0.2) is 78.9 Å². The summed E-state index contributed by atoms with van der Waals surface area (Å²) >= 11 is 0. The number of fused-ring (bicyclic) bond motifs is 3. The Hall–Kier alpha value is -4.13. The normalized spacial score (nSPS) is 12.8. The molecule has 0 saturated heterocycles. The lowest BCUT2D eigenvalue weighted by Crippen LogP contribution is -2.28. The molecule has 0 aliphatic heterocycles. The van der Waals surface area contributed by atoms with Crippen LogP contribution in [0, 0.1) is 5.92 Å². The zero-order valence-electron chi connectivity index (χ0n) is 19.9. The van der Waals surface area contributed by atoms with Crippen LogP contribution in [0.3, 0.4) is 0 Å². The van der Waals surface area contributed by atoms with Crippen molar-refractivity contribution in [2.24, 2.45) is 5.92 Å². The second-order valence-electron chi connectivity index (χ2n) is 8.78. The Morgan fingerprint density at radius 1 is 0.833 bits per heavy atom. The van der Waals surface area contributed by atoms with Gasteiger partial charge in [-0.15, -0.1) is 0 Å². The maximum absolute atomic E-state index is 12.3. The second-order valence-corrected chi connectivity index (χ2v) is 8.78. The summed E-state index contributed by atoms with van der Waals surface area (Å²) in [5.74, 6) is -2.53. The molecule has 3 aromatic rings. The molecule has 0 unspecified atom stereocenters. The van der Waals surface area contributed by atoms with Gasteiger partial charge >= 0.3 is 18.0 Å². The quantitative estimate of drug-likeness (QED) is 0.287. The number of nitrogens with one attached hydrogen (secondary N) is 1. The van der Waals surface area contributed by atoms with Crippen LogP contribution in [0.5, 0.6) is 0 Å². The number of esters is 1. The number of carbonyl (C=O) groups is 3. The van der Waals surface area contributed by atoms with E-state index in [-0.39, 0.29) is 38.5 Å². The third-order valence-corrected chi connectivity index (χ3v) is 6.35. The number of rotatable bonds is 11. The minimum Gasteiger partial charge on any atom is -0.481 e. The van der Waals surface area contributed by atoms with Crippen LogP contribution in [0.4, 0.5) is 4.79 Å². The first kappa shape index (κ1) is 25.0. The highest BCUT2D eigenvalue weighted by Gasteiger charge is 2.29. The van der Waals surface area contributed by atoms with Crippen molar-refractivity contribution in [3.63, 3.8) is 0 Å². The van der Waals surface area contributed by atoms with Crippen molar-refractivity contribution in [2.45, 2.75) is 31.8 Å². The first-order chi connectivity index (χ1) is 17.5. The molecule has 3 aromatic carbocycles. The summed E-state index contributed by atoms with van der Waals surface area (Å²) in [6, 6.07) is 25.4. The van der Waals surface area contributed by atoms with Gasteiger partial charge in [0.1, 0.15) is 13.2 Å². The zero-order valence-corrected chi connectivity index (χ0v) is 19.9. The van der Waals surface area contributed by atoms with Gasteiger partial charge in [0.05, 0.1) is 12.3 Å². The van der Waals surface area contributed by atoms with E-state index < -0.39 is 23.9 Å². The Labute approximate surface area is 210 Å². The Bertz CT molecular complexity index is 1160. The number of hydrogen-bond donors (Lipinski definition) is 2. The Kier molecular flexibility index (Phi) is 8.34. The van der Waals surface area contributed by atoms with Gasteiger partial charge in [-0.05, 0) is 40.7 Å². The maximum Gasteiger partial charge on any atom is 0.407 e. The van der Waals surface area contributed by atoms with Gasteiger partial charge < -0.3 is 19.9 Å². The van der Waals surface area contributed by atoms with Gasteiger partial charge in [0.15, 0.2) is 0 Å². The van der Waals surface area contributed by atoms with Crippen LogP contribution in [0.25, 0.3) is 11.1 Å². The molecule has 2 N–H and O–H groups in total. The third kappa shape index (κ3) is 6.30. The molecule has 186 valence electrons. The average Bonchev–Trinajstić information content (AvgIpc) is 3.22. The molecule has 4 rings (SSSR count). The molecule has 1 amide bonds. The second kappa shape index (κ2) is 12.0. The van der Waals surface area contributed by atoms with Gasteiger partial charge in [-0.1, -0.05) is 78.9 Å². The minimum atomic E-state index is -1.06. The van der Waals surface area contributed by atoms with Crippen molar-refractivity contribution in [1.29, 1.82) is 0 Å². The van der Waals surface area contributed by atoms with Crippen molar-refractivity contribution in [2.75, 3.05) is 13.2 Å². The molecular weight excluding hydrogens is 458 g/mol. The fourth-order valence-electron chi connectivity index (χ4n) is 4.50. The van der Waals surface area contributed by atoms with Crippen LogP contribution in [0.1, 0.15) is 41.9 Å². The molecule has 1 atom stereocenters. The van der Waals surface area contributed by atoms with Gasteiger partial charge in [-0.3, -0.25) is 9.59 Å². The number of hydrogen-bond acceptors (Lipinski definition) is 5. The molecule has 7 heteroatoms. The first-order valence-corrected chi connectivity index (χ1v) is 12.0. The van der Waals surface area contributed by atoms with Crippen molar-refractivity contribution in [1.82, 2.24) is 5.32 Å². The zero-order chi connectivity index (χ0) is 25.3. The lowest BCUT2D eigenvalue weighted by Gasteiger charge is -2.15. The predicted octanol–water partition coefficient (Wildman–Crippen LogP) is 5.14. The number of benzene rings is 3. The third-order valence-electron chi connectivity index (χ3n) is 6.35. The van der Waals surface area contributed by atoms with Gasteiger partial charge in [0.25, 0.3) is 0 Å². The summed E-state index contributed by atoms with van der Waals surface area (Å²) in [4.78, 5) is 35.9. The lowest BCUT2D eigenvalue weighted by molar-refractivity contribution is -0.152. The number of carboxylic acid groups (broad SMARTS) is 1. The summed E-state index contributed by atoms with van der Waals surface area (Å²) in [6.07, 6.45) is -0.134. The molecular formula is C29H29NO6. The number of aliphatic carboxylic acids is 1. The summed E-state index contributed by atoms with van der Waals surface area (Å²) in [5, 5.41) is 12.1. The summed E-state index contributed by atoms with van der Waals surface area (Å²) in [6.45, 7) is 0.569. The minimum absolute atomic E-state index is 0.0264. The van der Waals surface area contributed by atoms with Crippen molar-refractivity contribution < 1.29 is 29.0 Å². The monoisotopic (exact) mass is 487 g/mol. The average molecular weight is 488 g/mol.